The number of rotatable bonds is 1. The van der Waals surface area contributed by atoms with Crippen LogP contribution in [-0.2, 0) is 4.74 Å². The Morgan fingerprint density at radius 3 is 2.88 bits per heavy atom. The molecule has 0 bridgehead atoms. The van der Waals surface area contributed by atoms with Gasteiger partial charge in [0.25, 0.3) is 0 Å². The van der Waals surface area contributed by atoms with Crippen LogP contribution in [0.15, 0.2) is 0 Å². The molecule has 0 aliphatic carbocycles. The van der Waals surface area contributed by atoms with Crippen LogP contribution in [-0.4, -0.2) is 12.7 Å². The molecule has 1 heterocycles. The highest BCUT2D eigenvalue weighted by Gasteiger charge is 2.20. The van der Waals surface area contributed by atoms with Crippen LogP contribution in [0.3, 0.4) is 0 Å². The fourth-order valence-electron chi connectivity index (χ4n) is 0.497. The van der Waals surface area contributed by atoms with Crippen LogP contribution in [0.2, 0.25) is 0 Å². The normalized spacial score (nSPS) is 23.9. The molecule has 1 heteroatoms. The number of hydrogen-bond donors (Lipinski definition) is 0. The summed E-state index contributed by atoms with van der Waals surface area (Å²) < 4.78 is 4.95. The van der Waals surface area contributed by atoms with E-state index < -0.39 is 0 Å². The topological polar surface area (TPSA) is 12.5 Å². The summed E-state index contributed by atoms with van der Waals surface area (Å²) in [6.07, 6.45) is 2.38. The smallest absolute Gasteiger partial charge is 0.0918 e. The molecule has 0 aromatic heterocycles. The van der Waals surface area contributed by atoms with Crippen molar-refractivity contribution >= 4 is 0 Å². The maximum Gasteiger partial charge on any atom is 0.0918 e. The Hall–Kier alpha value is -0.480. The van der Waals surface area contributed by atoms with E-state index in [1.165, 1.54) is 0 Å². The SMILES string of the molecule is CCC#CC[C@H]1CO1. The van der Waals surface area contributed by atoms with Gasteiger partial charge in [0.2, 0.25) is 0 Å². The Bertz CT molecular complexity index is 114. The fraction of sp³-hybridized carbons (Fsp3) is 0.714. The van der Waals surface area contributed by atoms with Crippen LogP contribution in [0.5, 0.6) is 0 Å². The molecular formula is C7H10O. The van der Waals surface area contributed by atoms with Gasteiger partial charge in [-0.2, -0.15) is 0 Å². The van der Waals surface area contributed by atoms with Gasteiger partial charge in [-0.25, -0.2) is 0 Å². The van der Waals surface area contributed by atoms with Crippen molar-refractivity contribution in [2.45, 2.75) is 25.9 Å². The number of epoxide rings is 1. The van der Waals surface area contributed by atoms with E-state index in [2.05, 4.69) is 18.8 Å². The quantitative estimate of drug-likeness (QED) is 0.365. The minimum atomic E-state index is 0.481. The first-order chi connectivity index (χ1) is 3.93. The average molecular weight is 110 g/mol. The molecule has 0 saturated carbocycles. The summed E-state index contributed by atoms with van der Waals surface area (Å²) in [5.74, 6) is 6.01. The lowest BCUT2D eigenvalue weighted by atomic mass is 10.3. The summed E-state index contributed by atoms with van der Waals surface area (Å²) >= 11 is 0. The summed E-state index contributed by atoms with van der Waals surface area (Å²) in [6, 6.07) is 0. The predicted octanol–water partition coefficient (Wildman–Crippen LogP) is 1.19. The highest BCUT2D eigenvalue weighted by molar-refractivity contribution is 5.01. The van der Waals surface area contributed by atoms with Crippen LogP contribution in [0, 0.1) is 11.8 Å². The second kappa shape index (κ2) is 2.74. The Labute approximate surface area is 50.0 Å². The van der Waals surface area contributed by atoms with Crippen molar-refractivity contribution in [2.75, 3.05) is 6.61 Å². The van der Waals surface area contributed by atoms with Gasteiger partial charge in [-0.1, -0.05) is 6.92 Å². The first-order valence-corrected chi connectivity index (χ1v) is 3.01. The summed E-state index contributed by atoms with van der Waals surface area (Å²) in [6.45, 7) is 2.99. The Morgan fingerprint density at radius 2 is 2.38 bits per heavy atom. The Morgan fingerprint density at radius 1 is 1.62 bits per heavy atom. The van der Waals surface area contributed by atoms with E-state index in [1.54, 1.807) is 0 Å². The van der Waals surface area contributed by atoms with Crippen molar-refractivity contribution < 1.29 is 4.74 Å². The third-order valence-electron chi connectivity index (χ3n) is 1.03. The van der Waals surface area contributed by atoms with Gasteiger partial charge in [0.15, 0.2) is 0 Å². The molecule has 1 fully saturated rings. The van der Waals surface area contributed by atoms with Crippen molar-refractivity contribution in [3.8, 4) is 11.8 Å². The lowest BCUT2D eigenvalue weighted by Gasteiger charge is -1.74. The third kappa shape index (κ3) is 1.99. The first kappa shape index (κ1) is 5.65. The predicted molar refractivity (Wildman–Crippen MR) is 32.4 cm³/mol. The molecule has 1 rings (SSSR count). The maximum atomic E-state index is 4.95. The van der Waals surface area contributed by atoms with E-state index in [0.29, 0.717) is 6.10 Å². The van der Waals surface area contributed by atoms with Crippen molar-refractivity contribution in [3.05, 3.63) is 0 Å². The lowest BCUT2D eigenvalue weighted by molar-refractivity contribution is 0.412. The number of hydrogen-bond acceptors (Lipinski definition) is 1. The monoisotopic (exact) mass is 110 g/mol. The Kier molecular flexibility index (Phi) is 1.93. The van der Waals surface area contributed by atoms with Gasteiger partial charge in [0, 0.05) is 12.8 Å². The van der Waals surface area contributed by atoms with E-state index in [-0.39, 0.29) is 0 Å². The zero-order chi connectivity index (χ0) is 5.82. The van der Waals surface area contributed by atoms with Crippen molar-refractivity contribution in [3.63, 3.8) is 0 Å². The molecule has 0 aromatic rings. The van der Waals surface area contributed by atoms with Gasteiger partial charge >= 0.3 is 0 Å². The molecule has 44 valence electrons. The van der Waals surface area contributed by atoms with Crippen LogP contribution in [0.4, 0.5) is 0 Å². The van der Waals surface area contributed by atoms with Crippen LogP contribution in [0.1, 0.15) is 19.8 Å². The maximum absolute atomic E-state index is 4.95. The first-order valence-electron chi connectivity index (χ1n) is 3.01. The van der Waals surface area contributed by atoms with Crippen LogP contribution in [0.25, 0.3) is 0 Å². The average Bonchev–Trinajstić information content (AvgIpc) is 2.51. The number of ether oxygens (including phenoxy) is 1. The van der Waals surface area contributed by atoms with Gasteiger partial charge in [-0.3, -0.25) is 0 Å². The minimum absolute atomic E-state index is 0.481. The summed E-state index contributed by atoms with van der Waals surface area (Å²) in [5, 5.41) is 0. The van der Waals surface area contributed by atoms with Gasteiger partial charge in [0.05, 0.1) is 12.7 Å². The van der Waals surface area contributed by atoms with Gasteiger partial charge < -0.3 is 4.74 Å². The van der Waals surface area contributed by atoms with E-state index in [0.717, 1.165) is 19.4 Å². The molecule has 0 radical (unpaired) electrons. The third-order valence-corrected chi connectivity index (χ3v) is 1.03. The molecule has 1 aliphatic rings. The van der Waals surface area contributed by atoms with E-state index in [4.69, 9.17) is 4.74 Å². The van der Waals surface area contributed by atoms with Crippen LogP contribution >= 0.6 is 0 Å². The van der Waals surface area contributed by atoms with Crippen molar-refractivity contribution in [1.82, 2.24) is 0 Å². The second-order valence-corrected chi connectivity index (χ2v) is 1.87. The van der Waals surface area contributed by atoms with Crippen molar-refractivity contribution in [2.24, 2.45) is 0 Å². The molecule has 8 heavy (non-hydrogen) atoms. The molecule has 0 aromatic carbocycles. The lowest BCUT2D eigenvalue weighted by Crippen LogP contribution is -1.77. The second-order valence-electron chi connectivity index (χ2n) is 1.87. The molecule has 0 spiro atoms. The van der Waals surface area contributed by atoms with E-state index in [9.17, 15) is 0 Å². The largest absolute Gasteiger partial charge is 0.372 e. The standard InChI is InChI=1S/C7H10O/c1-2-3-4-5-7-6-8-7/h7H,2,5-6H2,1H3/t7-/m0/s1. The summed E-state index contributed by atoms with van der Waals surface area (Å²) in [5.41, 5.74) is 0. The molecule has 0 unspecified atom stereocenters. The molecule has 1 saturated heterocycles. The summed E-state index contributed by atoms with van der Waals surface area (Å²) in [4.78, 5) is 0. The zero-order valence-corrected chi connectivity index (χ0v) is 5.11. The molecule has 0 N–H and O–H groups in total. The van der Waals surface area contributed by atoms with E-state index in [1.807, 2.05) is 0 Å². The highest BCUT2D eigenvalue weighted by atomic mass is 16.6. The molecular weight excluding hydrogens is 100 g/mol. The van der Waals surface area contributed by atoms with Gasteiger partial charge in [0.1, 0.15) is 0 Å². The van der Waals surface area contributed by atoms with E-state index >= 15 is 0 Å². The van der Waals surface area contributed by atoms with Gasteiger partial charge in [-0.15, -0.1) is 11.8 Å². The molecule has 1 atom stereocenters. The van der Waals surface area contributed by atoms with Crippen molar-refractivity contribution in [1.29, 1.82) is 0 Å². The summed E-state index contributed by atoms with van der Waals surface area (Å²) in [7, 11) is 0. The highest BCUT2D eigenvalue weighted by Crippen LogP contribution is 2.11. The Balaban J connectivity index is 2.01. The molecule has 1 nitrogen and oxygen atoms in total. The fourth-order valence-corrected chi connectivity index (χ4v) is 0.497. The molecule has 0 amide bonds. The minimum Gasteiger partial charge on any atom is -0.372 e. The van der Waals surface area contributed by atoms with Gasteiger partial charge in [-0.05, 0) is 0 Å². The van der Waals surface area contributed by atoms with Crippen LogP contribution < -0.4 is 0 Å². The zero-order valence-electron chi connectivity index (χ0n) is 5.11. The molecule has 1 aliphatic heterocycles.